The number of hydrogen-bond donors (Lipinski definition) is 4. The third-order valence-corrected chi connectivity index (χ3v) is 17.4. The van der Waals surface area contributed by atoms with Gasteiger partial charge in [-0.3, -0.25) is 19.2 Å². The fourth-order valence-corrected chi connectivity index (χ4v) is 12.8. The predicted molar refractivity (Wildman–Crippen MR) is 321 cm³/mol. The molecule has 20 heteroatoms. The summed E-state index contributed by atoms with van der Waals surface area (Å²) >= 11 is 8.48. The first kappa shape index (κ1) is 57.8. The Balaban J connectivity index is 0.740. The second-order valence-corrected chi connectivity index (χ2v) is 22.6. The van der Waals surface area contributed by atoms with Gasteiger partial charge >= 0.3 is 0 Å². The van der Waals surface area contributed by atoms with Gasteiger partial charge in [-0.2, -0.15) is 4.98 Å². The lowest BCUT2D eigenvalue weighted by molar-refractivity contribution is -0.139. The number of aromatic hydroxyl groups is 1. The van der Waals surface area contributed by atoms with Crippen molar-refractivity contribution in [2.24, 2.45) is 5.92 Å². The molecule has 2 saturated heterocycles. The highest BCUT2D eigenvalue weighted by Crippen LogP contribution is 2.44. The largest absolute Gasteiger partial charge is 0.508 e. The monoisotopic (exact) mass is 1150 g/mol. The van der Waals surface area contributed by atoms with E-state index in [-0.39, 0.29) is 96.2 Å². The van der Waals surface area contributed by atoms with E-state index in [0.717, 1.165) is 72.0 Å². The lowest BCUT2D eigenvalue weighted by Gasteiger charge is -2.35. The molecule has 7 aromatic rings. The van der Waals surface area contributed by atoms with Crippen LogP contribution in [-0.2, 0) is 23.9 Å². The number of likely N-dealkylation sites (tertiary alicyclic amines) is 1. The standard InChI is InChI=1S/C62H70ClFN10O7S/c1-5-52(76)72-26-28-73(29-27-72)58-47-36-48(63)54(46-35-41(75)34-40-16-9-10-17-42(40)46)55(64)57(47)69-62(70-58)66-24-23-53(77)71(4)30-31-80-32-33-81-51-22-21-44(43-18-11-12-19-45(43)51)49-37-82-60(67-49)50-20-13-25-74(50)61(79)56(39-14-7-6-8-15-39)68-59(78)38(2)65-3/h5,9-12,16-19,21-22,34-39,50,56,65,75H,1,6-8,13-15,20,23-33H2,2-4H3,(H,68,78)(H,66,69,70)/t38-,50-,56-/m0/s1. The molecule has 0 spiro atoms. The third-order valence-electron chi connectivity index (χ3n) is 16.2. The van der Waals surface area contributed by atoms with E-state index in [1.165, 1.54) is 12.1 Å². The van der Waals surface area contributed by atoms with Crippen molar-refractivity contribution in [1.29, 1.82) is 0 Å². The number of nitrogens with one attached hydrogen (secondary N) is 3. The van der Waals surface area contributed by atoms with Gasteiger partial charge in [-0.1, -0.05) is 86.0 Å². The Hall–Kier alpha value is -7.45. The first-order valence-corrected chi connectivity index (χ1v) is 29.6. The lowest BCUT2D eigenvalue weighted by atomic mass is 9.83. The topological polar surface area (TPSA) is 195 Å². The molecule has 0 bridgehead atoms. The maximum absolute atomic E-state index is 17.1. The molecule has 2 aliphatic heterocycles. The van der Waals surface area contributed by atoms with Crippen molar-refractivity contribution in [1.82, 2.24) is 40.3 Å². The first-order valence-electron chi connectivity index (χ1n) is 28.3. The van der Waals surface area contributed by atoms with Crippen LogP contribution in [0.3, 0.4) is 0 Å². The van der Waals surface area contributed by atoms with E-state index >= 15 is 4.39 Å². The number of carbonyl (C=O) groups excluding carboxylic acids is 4. The number of aromatic nitrogens is 3. The molecule has 4 heterocycles. The number of amides is 4. The number of rotatable bonds is 21. The Morgan fingerprint density at radius 2 is 1.63 bits per heavy atom. The third kappa shape index (κ3) is 12.6. The fourth-order valence-electron chi connectivity index (χ4n) is 11.5. The molecule has 0 unspecified atom stereocenters. The van der Waals surface area contributed by atoms with E-state index in [0.29, 0.717) is 72.6 Å². The van der Waals surface area contributed by atoms with Gasteiger partial charge in [-0.25, -0.2) is 14.4 Å². The maximum atomic E-state index is 17.1. The molecule has 5 aromatic carbocycles. The number of halogens is 2. The summed E-state index contributed by atoms with van der Waals surface area (Å²) < 4.78 is 29.3. The molecule has 17 nitrogen and oxygen atoms in total. The van der Waals surface area contributed by atoms with Crippen LogP contribution in [0.1, 0.15) is 69.3 Å². The number of anilines is 2. The number of carbonyl (C=O) groups is 4. The van der Waals surface area contributed by atoms with Gasteiger partial charge in [0.1, 0.15) is 40.5 Å². The summed E-state index contributed by atoms with van der Waals surface area (Å²) in [6, 6.07) is 23.0. The van der Waals surface area contributed by atoms with E-state index in [4.69, 9.17) is 31.0 Å². The molecule has 1 aliphatic carbocycles. The van der Waals surface area contributed by atoms with Crippen LogP contribution in [0.25, 0.3) is 54.8 Å². The molecule has 4 amide bonds. The van der Waals surface area contributed by atoms with E-state index in [1.807, 2.05) is 71.3 Å². The zero-order valence-corrected chi connectivity index (χ0v) is 48.2. The van der Waals surface area contributed by atoms with Gasteiger partial charge in [0.25, 0.3) is 0 Å². The van der Waals surface area contributed by atoms with Crippen LogP contribution in [0.15, 0.2) is 96.9 Å². The van der Waals surface area contributed by atoms with Crippen molar-refractivity contribution in [3.8, 4) is 33.9 Å². The number of phenols is 1. The van der Waals surface area contributed by atoms with Gasteiger partial charge < -0.3 is 50.1 Å². The van der Waals surface area contributed by atoms with Crippen LogP contribution in [0.5, 0.6) is 11.5 Å². The minimum Gasteiger partial charge on any atom is -0.508 e. The van der Waals surface area contributed by atoms with E-state index in [9.17, 15) is 24.3 Å². The van der Waals surface area contributed by atoms with Gasteiger partial charge in [0.2, 0.25) is 29.6 Å². The predicted octanol–water partition coefficient (Wildman–Crippen LogP) is 9.75. The van der Waals surface area contributed by atoms with E-state index in [1.54, 1.807) is 47.4 Å². The highest BCUT2D eigenvalue weighted by molar-refractivity contribution is 7.10. The molecule has 0 radical (unpaired) electrons. The zero-order chi connectivity index (χ0) is 57.4. The van der Waals surface area contributed by atoms with Gasteiger partial charge in [-0.15, -0.1) is 11.3 Å². The number of nitrogens with zero attached hydrogens (tertiary/aromatic N) is 7. The molecule has 10 rings (SSSR count). The number of thiazole rings is 1. The SMILES string of the molecule is C=CC(=O)N1CCN(c2nc(NCCC(=O)N(C)CCOCCOc3ccc(-c4csc([C@@H]5CCCN5C(=O)[C@@H](NC(=O)[C@H](C)NC)C5CCCCC5)n4)c4ccccc34)nc3c(F)c(-c4cc(O)cc5ccccc45)c(Cl)cc23)CC1. The molecule has 430 valence electrons. The van der Waals surface area contributed by atoms with Crippen LogP contribution >= 0.6 is 22.9 Å². The van der Waals surface area contributed by atoms with E-state index < -0.39 is 17.9 Å². The molecule has 2 aromatic heterocycles. The van der Waals surface area contributed by atoms with Gasteiger partial charge in [0.15, 0.2) is 5.82 Å². The highest BCUT2D eigenvalue weighted by Gasteiger charge is 2.40. The molecule has 3 aliphatic rings. The minimum atomic E-state index is -0.689. The Morgan fingerprint density at radius 3 is 2.40 bits per heavy atom. The number of hydrogen-bond acceptors (Lipinski definition) is 14. The second kappa shape index (κ2) is 26.2. The van der Waals surface area contributed by atoms with Gasteiger partial charge in [-0.05, 0) is 104 Å². The van der Waals surface area contributed by atoms with Crippen LogP contribution in [0.4, 0.5) is 16.2 Å². The second-order valence-electron chi connectivity index (χ2n) is 21.3. The van der Waals surface area contributed by atoms with Crippen molar-refractivity contribution in [3.63, 3.8) is 0 Å². The van der Waals surface area contributed by atoms with Crippen molar-refractivity contribution < 1.29 is 38.1 Å². The maximum Gasteiger partial charge on any atom is 0.246 e. The fraction of sp³-hybridized carbons (Fsp3) is 0.403. The summed E-state index contributed by atoms with van der Waals surface area (Å²) in [5, 5.41) is 26.7. The van der Waals surface area contributed by atoms with Crippen LogP contribution in [0.2, 0.25) is 5.02 Å². The summed E-state index contributed by atoms with van der Waals surface area (Å²) in [6.07, 6.45) is 8.19. The Morgan fingerprint density at radius 1 is 0.878 bits per heavy atom. The van der Waals surface area contributed by atoms with Crippen molar-refractivity contribution in [3.05, 3.63) is 113 Å². The van der Waals surface area contributed by atoms with Crippen LogP contribution in [-0.4, -0.2) is 150 Å². The Labute approximate surface area is 485 Å². The minimum absolute atomic E-state index is 0.00844. The average Bonchev–Trinajstić information content (AvgIpc) is 2.35. The summed E-state index contributed by atoms with van der Waals surface area (Å²) in [7, 11) is 3.46. The highest BCUT2D eigenvalue weighted by atomic mass is 35.5. The summed E-state index contributed by atoms with van der Waals surface area (Å²) in [4.78, 5) is 75.2. The average molecular weight is 1150 g/mol. The number of ether oxygens (including phenoxy) is 2. The number of phenolic OH excluding ortho intramolecular Hbond substituents is 1. The summed E-state index contributed by atoms with van der Waals surface area (Å²) in [5.74, 6) is 0.134. The van der Waals surface area contributed by atoms with Gasteiger partial charge in [0.05, 0.1) is 36.0 Å². The summed E-state index contributed by atoms with van der Waals surface area (Å²) in [6.45, 7) is 9.02. The Bertz CT molecular complexity index is 3500. The van der Waals surface area contributed by atoms with Gasteiger partial charge in [0, 0.05) is 86.6 Å². The molecule has 3 atom stereocenters. The molecule has 3 fully saturated rings. The summed E-state index contributed by atoms with van der Waals surface area (Å²) in [5.41, 5.74) is 2.29. The Kier molecular flexibility index (Phi) is 18.5. The number of piperazine rings is 1. The van der Waals surface area contributed by atoms with Crippen molar-refractivity contribution in [2.75, 3.05) is 89.9 Å². The quantitative estimate of drug-likeness (QED) is 0.0393. The molecule has 1 saturated carbocycles. The lowest BCUT2D eigenvalue weighted by Crippen LogP contribution is -2.55. The number of benzene rings is 5. The molecule has 4 N–H and O–H groups in total. The number of likely N-dealkylation sites (N-methyl/N-ethyl adjacent to an activating group) is 2. The van der Waals surface area contributed by atoms with Crippen molar-refractivity contribution >= 4 is 90.8 Å². The van der Waals surface area contributed by atoms with Crippen LogP contribution < -0.4 is 25.6 Å². The number of fused-ring (bicyclic) bond motifs is 3. The first-order chi connectivity index (χ1) is 39.8. The van der Waals surface area contributed by atoms with Crippen LogP contribution in [0, 0.1) is 11.7 Å². The van der Waals surface area contributed by atoms with Crippen molar-refractivity contribution in [2.45, 2.75) is 76.4 Å². The zero-order valence-electron chi connectivity index (χ0n) is 46.6. The molecular formula is C62H70ClFN10O7S. The molecular weight excluding hydrogens is 1080 g/mol. The van der Waals surface area contributed by atoms with E-state index in [2.05, 4.69) is 39.0 Å². The normalized spacial score (nSPS) is 16.6. The molecule has 82 heavy (non-hydrogen) atoms. The smallest absolute Gasteiger partial charge is 0.246 e.